The first-order chi connectivity index (χ1) is 8.70. The molecule has 2 unspecified atom stereocenters. The molecule has 2 heterocycles. The van der Waals surface area contributed by atoms with Crippen molar-refractivity contribution in [3.63, 3.8) is 0 Å². The van der Waals surface area contributed by atoms with Crippen molar-refractivity contribution in [2.24, 2.45) is 0 Å². The SMILES string of the molecule is COCc1ccc(C(=O)NC(C)C2CCCO2)o1. The quantitative estimate of drug-likeness (QED) is 0.868. The number of furan rings is 1. The molecule has 1 aromatic rings. The van der Waals surface area contributed by atoms with Crippen LogP contribution >= 0.6 is 0 Å². The van der Waals surface area contributed by atoms with Gasteiger partial charge in [0.05, 0.1) is 12.1 Å². The summed E-state index contributed by atoms with van der Waals surface area (Å²) >= 11 is 0. The average Bonchev–Trinajstić information content (AvgIpc) is 3.00. The molecule has 1 saturated heterocycles. The minimum atomic E-state index is -0.208. The molecular weight excluding hydrogens is 234 g/mol. The molecule has 0 bridgehead atoms. The van der Waals surface area contributed by atoms with E-state index in [-0.39, 0.29) is 18.1 Å². The molecular formula is C13H19NO4. The molecule has 0 aliphatic carbocycles. The van der Waals surface area contributed by atoms with E-state index >= 15 is 0 Å². The zero-order valence-electron chi connectivity index (χ0n) is 10.8. The number of carbonyl (C=O) groups is 1. The summed E-state index contributed by atoms with van der Waals surface area (Å²) in [5.74, 6) is 0.750. The van der Waals surface area contributed by atoms with E-state index in [1.807, 2.05) is 6.92 Å². The van der Waals surface area contributed by atoms with Crippen LogP contribution in [-0.2, 0) is 16.1 Å². The molecule has 1 N–H and O–H groups in total. The predicted molar refractivity (Wildman–Crippen MR) is 65.3 cm³/mol. The Hall–Kier alpha value is -1.33. The van der Waals surface area contributed by atoms with Gasteiger partial charge in [-0.05, 0) is 31.9 Å². The van der Waals surface area contributed by atoms with Crippen molar-refractivity contribution < 1.29 is 18.7 Å². The van der Waals surface area contributed by atoms with Crippen LogP contribution in [0.15, 0.2) is 16.5 Å². The molecule has 5 heteroatoms. The lowest BCUT2D eigenvalue weighted by Crippen LogP contribution is -2.40. The summed E-state index contributed by atoms with van der Waals surface area (Å²) in [7, 11) is 1.59. The number of ether oxygens (including phenoxy) is 2. The maximum Gasteiger partial charge on any atom is 0.287 e. The molecule has 0 radical (unpaired) electrons. The van der Waals surface area contributed by atoms with Crippen molar-refractivity contribution in [2.45, 2.75) is 38.5 Å². The van der Waals surface area contributed by atoms with E-state index in [2.05, 4.69) is 5.32 Å². The molecule has 1 fully saturated rings. The van der Waals surface area contributed by atoms with Gasteiger partial charge in [0.2, 0.25) is 0 Å². The number of carbonyl (C=O) groups excluding carboxylic acids is 1. The summed E-state index contributed by atoms with van der Waals surface area (Å²) in [5, 5.41) is 2.90. The highest BCUT2D eigenvalue weighted by Gasteiger charge is 2.24. The second kappa shape index (κ2) is 6.02. The number of methoxy groups -OCH3 is 1. The Morgan fingerprint density at radius 3 is 3.11 bits per heavy atom. The van der Waals surface area contributed by atoms with E-state index in [4.69, 9.17) is 13.9 Å². The Balaban J connectivity index is 1.89. The van der Waals surface area contributed by atoms with Gasteiger partial charge in [-0.2, -0.15) is 0 Å². The Morgan fingerprint density at radius 2 is 2.44 bits per heavy atom. The van der Waals surface area contributed by atoms with Crippen LogP contribution in [0.4, 0.5) is 0 Å². The van der Waals surface area contributed by atoms with Gasteiger partial charge in [0.25, 0.3) is 5.91 Å². The van der Waals surface area contributed by atoms with Crippen LogP contribution in [0, 0.1) is 0 Å². The lowest BCUT2D eigenvalue weighted by molar-refractivity contribution is 0.0693. The van der Waals surface area contributed by atoms with Crippen LogP contribution in [0.3, 0.4) is 0 Å². The third-order valence-electron chi connectivity index (χ3n) is 3.05. The first-order valence-electron chi connectivity index (χ1n) is 6.21. The molecule has 1 amide bonds. The smallest absolute Gasteiger partial charge is 0.287 e. The van der Waals surface area contributed by atoms with Crippen molar-refractivity contribution in [1.82, 2.24) is 5.32 Å². The van der Waals surface area contributed by atoms with Crippen molar-refractivity contribution in [1.29, 1.82) is 0 Å². The molecule has 0 spiro atoms. The maximum absolute atomic E-state index is 11.9. The van der Waals surface area contributed by atoms with Crippen LogP contribution in [0.2, 0.25) is 0 Å². The fraction of sp³-hybridized carbons (Fsp3) is 0.615. The Bertz CT molecular complexity index is 395. The normalized spacial score (nSPS) is 20.9. The number of amides is 1. The zero-order valence-corrected chi connectivity index (χ0v) is 10.8. The summed E-state index contributed by atoms with van der Waals surface area (Å²) in [6.07, 6.45) is 2.17. The molecule has 5 nitrogen and oxygen atoms in total. The van der Waals surface area contributed by atoms with Crippen LogP contribution < -0.4 is 5.32 Å². The van der Waals surface area contributed by atoms with E-state index in [0.717, 1.165) is 19.4 Å². The van der Waals surface area contributed by atoms with Gasteiger partial charge in [-0.15, -0.1) is 0 Å². The molecule has 100 valence electrons. The van der Waals surface area contributed by atoms with Crippen molar-refractivity contribution >= 4 is 5.91 Å². The average molecular weight is 253 g/mol. The standard InChI is InChI=1S/C13H19NO4/c1-9(11-4-3-7-17-11)14-13(15)12-6-5-10(18-12)8-16-2/h5-6,9,11H,3-4,7-8H2,1-2H3,(H,14,15). The van der Waals surface area contributed by atoms with E-state index < -0.39 is 0 Å². The van der Waals surface area contributed by atoms with Crippen molar-refractivity contribution in [2.75, 3.05) is 13.7 Å². The highest BCUT2D eigenvalue weighted by atomic mass is 16.5. The Kier molecular flexibility index (Phi) is 4.38. The largest absolute Gasteiger partial charge is 0.453 e. The van der Waals surface area contributed by atoms with Gasteiger partial charge in [0, 0.05) is 13.7 Å². The molecule has 0 saturated carbocycles. The third kappa shape index (κ3) is 3.11. The molecule has 2 atom stereocenters. The minimum absolute atomic E-state index is 0.00373. The van der Waals surface area contributed by atoms with Gasteiger partial charge in [-0.25, -0.2) is 0 Å². The number of nitrogens with one attached hydrogen (secondary N) is 1. The summed E-state index contributed by atoms with van der Waals surface area (Å²) in [6.45, 7) is 3.10. The van der Waals surface area contributed by atoms with Crippen LogP contribution in [0.1, 0.15) is 36.1 Å². The van der Waals surface area contributed by atoms with E-state index in [1.54, 1.807) is 19.2 Å². The van der Waals surface area contributed by atoms with Gasteiger partial charge in [-0.1, -0.05) is 0 Å². The highest BCUT2D eigenvalue weighted by molar-refractivity contribution is 5.91. The predicted octanol–water partition coefficient (Wildman–Crippen LogP) is 1.72. The van der Waals surface area contributed by atoms with E-state index in [0.29, 0.717) is 18.1 Å². The van der Waals surface area contributed by atoms with E-state index in [9.17, 15) is 4.79 Å². The molecule has 1 aliphatic rings. The summed E-state index contributed by atoms with van der Waals surface area (Å²) in [4.78, 5) is 11.9. The van der Waals surface area contributed by atoms with Crippen LogP contribution in [0.5, 0.6) is 0 Å². The van der Waals surface area contributed by atoms with Crippen LogP contribution in [0.25, 0.3) is 0 Å². The number of rotatable bonds is 5. The monoisotopic (exact) mass is 253 g/mol. The highest BCUT2D eigenvalue weighted by Crippen LogP contribution is 2.16. The molecule has 0 aromatic carbocycles. The first kappa shape index (κ1) is 13.1. The maximum atomic E-state index is 11.9. The number of hydrogen-bond acceptors (Lipinski definition) is 4. The fourth-order valence-corrected chi connectivity index (χ4v) is 2.09. The minimum Gasteiger partial charge on any atom is -0.453 e. The first-order valence-corrected chi connectivity index (χ1v) is 6.21. The third-order valence-corrected chi connectivity index (χ3v) is 3.05. The van der Waals surface area contributed by atoms with Gasteiger partial charge in [-0.3, -0.25) is 4.79 Å². The Labute approximate surface area is 106 Å². The van der Waals surface area contributed by atoms with Gasteiger partial charge < -0.3 is 19.2 Å². The summed E-state index contributed by atoms with van der Waals surface area (Å²) in [5.41, 5.74) is 0. The fourth-order valence-electron chi connectivity index (χ4n) is 2.09. The molecule has 2 rings (SSSR count). The summed E-state index contributed by atoms with van der Waals surface area (Å²) < 4.78 is 15.8. The Morgan fingerprint density at radius 1 is 1.61 bits per heavy atom. The zero-order chi connectivity index (χ0) is 13.0. The topological polar surface area (TPSA) is 60.7 Å². The molecule has 1 aromatic heterocycles. The lowest BCUT2D eigenvalue weighted by Gasteiger charge is -2.19. The lowest BCUT2D eigenvalue weighted by atomic mass is 10.1. The summed E-state index contributed by atoms with van der Waals surface area (Å²) in [6, 6.07) is 3.40. The number of hydrogen-bond donors (Lipinski definition) is 1. The van der Waals surface area contributed by atoms with Gasteiger partial charge >= 0.3 is 0 Å². The van der Waals surface area contributed by atoms with Gasteiger partial charge in [0.1, 0.15) is 12.4 Å². The molecule has 18 heavy (non-hydrogen) atoms. The van der Waals surface area contributed by atoms with E-state index in [1.165, 1.54) is 0 Å². The van der Waals surface area contributed by atoms with Crippen molar-refractivity contribution in [3.8, 4) is 0 Å². The van der Waals surface area contributed by atoms with Crippen LogP contribution in [-0.4, -0.2) is 31.8 Å². The second-order valence-corrected chi connectivity index (χ2v) is 4.51. The second-order valence-electron chi connectivity index (χ2n) is 4.51. The van der Waals surface area contributed by atoms with Gasteiger partial charge in [0.15, 0.2) is 5.76 Å². The molecule has 1 aliphatic heterocycles. The van der Waals surface area contributed by atoms with Crippen molar-refractivity contribution in [3.05, 3.63) is 23.7 Å².